The molecule has 0 bridgehead atoms. The van der Waals surface area contributed by atoms with Gasteiger partial charge in [0.2, 0.25) is 5.91 Å². The van der Waals surface area contributed by atoms with Gasteiger partial charge in [0.15, 0.2) is 6.61 Å². The SMILES string of the molecule is Cc1cccc(CCC(=O)N2CCN(C(=O)COc3ccc(Cl)cc3)CC2)c1. The highest BCUT2D eigenvalue weighted by Crippen LogP contribution is 2.16. The number of ether oxygens (including phenoxy) is 1. The Balaban J connectivity index is 1.40. The van der Waals surface area contributed by atoms with Gasteiger partial charge in [0, 0.05) is 37.6 Å². The molecule has 0 aromatic heterocycles. The van der Waals surface area contributed by atoms with Gasteiger partial charge in [-0.2, -0.15) is 0 Å². The van der Waals surface area contributed by atoms with Crippen molar-refractivity contribution in [1.82, 2.24) is 9.80 Å². The molecule has 1 fully saturated rings. The molecule has 148 valence electrons. The van der Waals surface area contributed by atoms with Crippen molar-refractivity contribution in [3.05, 3.63) is 64.7 Å². The number of carbonyl (C=O) groups is 2. The molecule has 0 atom stereocenters. The topological polar surface area (TPSA) is 49.9 Å². The van der Waals surface area contributed by atoms with E-state index in [-0.39, 0.29) is 18.4 Å². The highest BCUT2D eigenvalue weighted by Gasteiger charge is 2.24. The predicted octanol–water partition coefficient (Wildman–Crippen LogP) is 3.33. The Labute approximate surface area is 170 Å². The van der Waals surface area contributed by atoms with Crippen LogP contribution in [0.2, 0.25) is 5.02 Å². The molecule has 1 aliphatic rings. The van der Waals surface area contributed by atoms with Gasteiger partial charge < -0.3 is 14.5 Å². The average Bonchev–Trinajstić information content (AvgIpc) is 2.71. The van der Waals surface area contributed by atoms with Gasteiger partial charge in [0.05, 0.1) is 0 Å². The number of hydrogen-bond acceptors (Lipinski definition) is 3. The van der Waals surface area contributed by atoms with Crippen molar-refractivity contribution in [2.24, 2.45) is 0 Å². The molecular weight excluding hydrogens is 376 g/mol. The van der Waals surface area contributed by atoms with E-state index in [1.165, 1.54) is 11.1 Å². The second-order valence-electron chi connectivity index (χ2n) is 6.99. The number of aryl methyl sites for hydroxylation is 2. The molecule has 0 aliphatic carbocycles. The first-order chi connectivity index (χ1) is 13.5. The molecule has 2 aromatic carbocycles. The van der Waals surface area contributed by atoms with E-state index in [2.05, 4.69) is 25.1 Å². The molecule has 2 amide bonds. The van der Waals surface area contributed by atoms with Crippen LogP contribution in [-0.2, 0) is 16.0 Å². The molecule has 3 rings (SSSR count). The van der Waals surface area contributed by atoms with E-state index in [1.54, 1.807) is 29.2 Å². The van der Waals surface area contributed by atoms with Crippen LogP contribution in [0.15, 0.2) is 48.5 Å². The standard InChI is InChI=1S/C22H25ClN2O3/c1-17-3-2-4-18(15-17)5-10-21(26)24-11-13-25(14-12-24)22(27)16-28-20-8-6-19(23)7-9-20/h2-4,6-9,15H,5,10-14,16H2,1H3. The fourth-order valence-corrected chi connectivity index (χ4v) is 3.38. The highest BCUT2D eigenvalue weighted by molar-refractivity contribution is 6.30. The van der Waals surface area contributed by atoms with Crippen LogP contribution in [0.5, 0.6) is 5.75 Å². The Kier molecular flexibility index (Phi) is 6.93. The minimum atomic E-state index is -0.0678. The summed E-state index contributed by atoms with van der Waals surface area (Å²) in [6.07, 6.45) is 1.24. The molecule has 5 nitrogen and oxygen atoms in total. The summed E-state index contributed by atoms with van der Waals surface area (Å²) in [7, 11) is 0. The number of hydrogen-bond donors (Lipinski definition) is 0. The lowest BCUT2D eigenvalue weighted by atomic mass is 10.1. The van der Waals surface area contributed by atoms with Gasteiger partial charge in [-0.3, -0.25) is 9.59 Å². The molecule has 0 N–H and O–H groups in total. The van der Waals surface area contributed by atoms with Crippen molar-refractivity contribution in [2.75, 3.05) is 32.8 Å². The summed E-state index contributed by atoms with van der Waals surface area (Å²) < 4.78 is 5.52. The van der Waals surface area contributed by atoms with Crippen LogP contribution in [0.4, 0.5) is 0 Å². The van der Waals surface area contributed by atoms with Crippen molar-refractivity contribution >= 4 is 23.4 Å². The minimum Gasteiger partial charge on any atom is -0.484 e. The van der Waals surface area contributed by atoms with E-state index in [4.69, 9.17) is 16.3 Å². The van der Waals surface area contributed by atoms with Gasteiger partial charge in [-0.15, -0.1) is 0 Å². The molecular formula is C22H25ClN2O3. The van der Waals surface area contributed by atoms with E-state index < -0.39 is 0 Å². The van der Waals surface area contributed by atoms with Gasteiger partial charge in [0.25, 0.3) is 5.91 Å². The molecule has 2 aromatic rings. The van der Waals surface area contributed by atoms with Crippen molar-refractivity contribution < 1.29 is 14.3 Å². The maximum absolute atomic E-state index is 12.5. The maximum atomic E-state index is 12.5. The first-order valence-corrected chi connectivity index (χ1v) is 9.88. The van der Waals surface area contributed by atoms with Crippen LogP contribution in [0.1, 0.15) is 17.5 Å². The summed E-state index contributed by atoms with van der Waals surface area (Å²) in [6.45, 7) is 4.26. The summed E-state index contributed by atoms with van der Waals surface area (Å²) in [6, 6.07) is 15.2. The molecule has 0 saturated carbocycles. The van der Waals surface area contributed by atoms with E-state index in [0.29, 0.717) is 43.4 Å². The van der Waals surface area contributed by atoms with Crippen LogP contribution in [0, 0.1) is 6.92 Å². The number of rotatable bonds is 6. The largest absolute Gasteiger partial charge is 0.484 e. The van der Waals surface area contributed by atoms with Crippen LogP contribution < -0.4 is 4.74 Å². The van der Waals surface area contributed by atoms with Crippen LogP contribution >= 0.6 is 11.6 Å². The van der Waals surface area contributed by atoms with Crippen LogP contribution in [0.25, 0.3) is 0 Å². The molecule has 0 radical (unpaired) electrons. The second kappa shape index (κ2) is 9.60. The Bertz CT molecular complexity index is 815. The summed E-state index contributed by atoms with van der Waals surface area (Å²) in [5.74, 6) is 0.690. The first-order valence-electron chi connectivity index (χ1n) is 9.51. The van der Waals surface area contributed by atoms with Gasteiger partial charge in [-0.1, -0.05) is 41.4 Å². The Morgan fingerprint density at radius 1 is 0.964 bits per heavy atom. The third-order valence-electron chi connectivity index (χ3n) is 4.87. The third kappa shape index (κ3) is 5.73. The number of amides is 2. The fraction of sp³-hybridized carbons (Fsp3) is 0.364. The zero-order valence-corrected chi connectivity index (χ0v) is 16.8. The molecule has 0 unspecified atom stereocenters. The second-order valence-corrected chi connectivity index (χ2v) is 7.43. The lowest BCUT2D eigenvalue weighted by molar-refractivity contribution is -0.140. The Morgan fingerprint density at radius 2 is 1.61 bits per heavy atom. The first kappa shape index (κ1) is 20.2. The lowest BCUT2D eigenvalue weighted by Gasteiger charge is -2.34. The lowest BCUT2D eigenvalue weighted by Crippen LogP contribution is -2.51. The molecule has 1 heterocycles. The predicted molar refractivity (Wildman–Crippen MR) is 110 cm³/mol. The highest BCUT2D eigenvalue weighted by atomic mass is 35.5. The van der Waals surface area contributed by atoms with Crippen molar-refractivity contribution in [3.8, 4) is 5.75 Å². The van der Waals surface area contributed by atoms with Crippen molar-refractivity contribution in [1.29, 1.82) is 0 Å². The Morgan fingerprint density at radius 3 is 2.25 bits per heavy atom. The van der Waals surface area contributed by atoms with Gasteiger partial charge in [0.1, 0.15) is 5.75 Å². The number of benzene rings is 2. The zero-order valence-electron chi connectivity index (χ0n) is 16.1. The fourth-order valence-electron chi connectivity index (χ4n) is 3.25. The average molecular weight is 401 g/mol. The van der Waals surface area contributed by atoms with Crippen molar-refractivity contribution in [2.45, 2.75) is 19.8 Å². The number of nitrogens with zero attached hydrogens (tertiary/aromatic N) is 2. The van der Waals surface area contributed by atoms with Crippen LogP contribution in [0.3, 0.4) is 0 Å². The Hall–Kier alpha value is -2.53. The molecule has 1 saturated heterocycles. The van der Waals surface area contributed by atoms with Crippen molar-refractivity contribution in [3.63, 3.8) is 0 Å². The molecule has 28 heavy (non-hydrogen) atoms. The van der Waals surface area contributed by atoms with Gasteiger partial charge in [-0.05, 0) is 43.2 Å². The summed E-state index contributed by atoms with van der Waals surface area (Å²) in [5.41, 5.74) is 2.39. The molecule has 0 spiro atoms. The van der Waals surface area contributed by atoms with E-state index in [0.717, 1.165) is 6.42 Å². The normalized spacial score (nSPS) is 14.1. The summed E-state index contributed by atoms with van der Waals surface area (Å²) >= 11 is 5.84. The van der Waals surface area contributed by atoms with E-state index >= 15 is 0 Å². The quantitative estimate of drug-likeness (QED) is 0.747. The number of halogens is 1. The summed E-state index contributed by atoms with van der Waals surface area (Å²) in [5, 5.41) is 0.627. The third-order valence-corrected chi connectivity index (χ3v) is 5.12. The van der Waals surface area contributed by atoms with Gasteiger partial charge >= 0.3 is 0 Å². The maximum Gasteiger partial charge on any atom is 0.260 e. The van der Waals surface area contributed by atoms with E-state index in [1.807, 2.05) is 11.0 Å². The monoisotopic (exact) mass is 400 g/mol. The minimum absolute atomic E-state index is 0.0110. The van der Waals surface area contributed by atoms with E-state index in [9.17, 15) is 9.59 Å². The molecule has 1 aliphatic heterocycles. The zero-order chi connectivity index (χ0) is 19.9. The smallest absolute Gasteiger partial charge is 0.260 e. The molecule has 6 heteroatoms. The van der Waals surface area contributed by atoms with Crippen LogP contribution in [-0.4, -0.2) is 54.4 Å². The summed E-state index contributed by atoms with van der Waals surface area (Å²) in [4.78, 5) is 28.4. The number of carbonyl (C=O) groups excluding carboxylic acids is 2. The number of piperazine rings is 1. The van der Waals surface area contributed by atoms with Gasteiger partial charge in [-0.25, -0.2) is 0 Å².